The maximum Gasteiger partial charge on any atom is 0.0433 e. The third-order valence-corrected chi connectivity index (χ3v) is 13.3. The van der Waals surface area contributed by atoms with Gasteiger partial charge in [0.15, 0.2) is 0 Å². The molecular formula is C56H34S. The largest absolute Gasteiger partial charge is 0.135 e. The van der Waals surface area contributed by atoms with Crippen LogP contribution in [0, 0.1) is 0 Å². The van der Waals surface area contributed by atoms with Crippen molar-refractivity contribution in [1.82, 2.24) is 0 Å². The molecule has 1 aliphatic carbocycles. The lowest BCUT2D eigenvalue weighted by atomic mass is 9.79. The number of rotatable bonds is 3. The summed E-state index contributed by atoms with van der Waals surface area (Å²) in [5, 5.41) is 7.70. The zero-order chi connectivity index (χ0) is 37.5. The molecule has 0 spiro atoms. The molecule has 0 fully saturated rings. The molecule has 0 unspecified atom stereocenters. The van der Waals surface area contributed by atoms with E-state index in [0.717, 1.165) is 0 Å². The Morgan fingerprint density at radius 2 is 0.596 bits per heavy atom. The van der Waals surface area contributed by atoms with Gasteiger partial charge >= 0.3 is 0 Å². The molecule has 0 bridgehead atoms. The minimum atomic E-state index is 1.22. The molecule has 57 heavy (non-hydrogen) atoms. The van der Waals surface area contributed by atoms with Crippen molar-refractivity contribution in [2.24, 2.45) is 0 Å². The molecule has 1 aliphatic rings. The van der Waals surface area contributed by atoms with Crippen molar-refractivity contribution >= 4 is 53.1 Å². The van der Waals surface area contributed by atoms with E-state index < -0.39 is 0 Å². The van der Waals surface area contributed by atoms with Gasteiger partial charge in [-0.25, -0.2) is 0 Å². The predicted molar refractivity (Wildman–Crippen MR) is 246 cm³/mol. The van der Waals surface area contributed by atoms with Crippen molar-refractivity contribution in [1.29, 1.82) is 0 Å². The zero-order valence-corrected chi connectivity index (χ0v) is 31.9. The monoisotopic (exact) mass is 738 g/mol. The van der Waals surface area contributed by atoms with E-state index in [1.807, 2.05) is 11.3 Å². The summed E-state index contributed by atoms with van der Waals surface area (Å²) in [5.41, 5.74) is 17.6. The summed E-state index contributed by atoms with van der Waals surface area (Å²) in [5.74, 6) is 0. The highest BCUT2D eigenvalue weighted by Gasteiger charge is 2.23. The summed E-state index contributed by atoms with van der Waals surface area (Å²) in [6.45, 7) is 0. The van der Waals surface area contributed by atoms with Crippen LogP contribution in [-0.4, -0.2) is 0 Å². The number of benzene rings is 10. The van der Waals surface area contributed by atoms with Gasteiger partial charge in [0.05, 0.1) is 0 Å². The van der Waals surface area contributed by atoms with Gasteiger partial charge in [-0.15, -0.1) is 11.3 Å². The average molecular weight is 739 g/mol. The van der Waals surface area contributed by atoms with Crippen LogP contribution in [0.2, 0.25) is 0 Å². The second-order valence-electron chi connectivity index (χ2n) is 15.1. The van der Waals surface area contributed by atoms with E-state index in [4.69, 9.17) is 0 Å². The van der Waals surface area contributed by atoms with Crippen molar-refractivity contribution in [3.8, 4) is 77.9 Å². The Bertz CT molecular complexity index is 3340. The van der Waals surface area contributed by atoms with E-state index in [-0.39, 0.29) is 0 Å². The molecule has 0 nitrogen and oxygen atoms in total. The van der Waals surface area contributed by atoms with E-state index in [2.05, 4.69) is 206 Å². The molecule has 0 atom stereocenters. The lowest BCUT2D eigenvalue weighted by Gasteiger charge is -2.24. The molecule has 0 amide bonds. The van der Waals surface area contributed by atoms with Gasteiger partial charge in [0.1, 0.15) is 0 Å². The highest BCUT2D eigenvalue weighted by Crippen LogP contribution is 2.50. The van der Waals surface area contributed by atoms with E-state index in [0.29, 0.717) is 0 Å². The average Bonchev–Trinajstić information content (AvgIpc) is 3.67. The second kappa shape index (κ2) is 12.7. The first-order valence-electron chi connectivity index (χ1n) is 19.7. The van der Waals surface area contributed by atoms with Crippen molar-refractivity contribution < 1.29 is 0 Å². The quantitative estimate of drug-likeness (QED) is 0.158. The first kappa shape index (κ1) is 32.2. The van der Waals surface area contributed by atoms with Gasteiger partial charge in [0, 0.05) is 20.2 Å². The van der Waals surface area contributed by atoms with Gasteiger partial charge in [-0.3, -0.25) is 0 Å². The van der Waals surface area contributed by atoms with E-state index in [1.54, 1.807) is 0 Å². The molecule has 12 rings (SSSR count). The number of thiophene rings is 1. The van der Waals surface area contributed by atoms with Crippen LogP contribution in [0.1, 0.15) is 0 Å². The molecule has 1 aromatic heterocycles. The van der Waals surface area contributed by atoms with Crippen molar-refractivity contribution in [2.45, 2.75) is 0 Å². The number of fused-ring (bicyclic) bond motifs is 13. The minimum absolute atomic E-state index is 1.22. The van der Waals surface area contributed by atoms with Crippen LogP contribution < -0.4 is 0 Å². The van der Waals surface area contributed by atoms with Gasteiger partial charge in [-0.2, -0.15) is 0 Å². The Balaban J connectivity index is 1.06. The summed E-state index contributed by atoms with van der Waals surface area (Å²) in [7, 11) is 0. The molecule has 1 heterocycles. The molecule has 10 aromatic carbocycles. The van der Waals surface area contributed by atoms with Crippen molar-refractivity contribution in [2.75, 3.05) is 0 Å². The fraction of sp³-hybridized carbons (Fsp3) is 0. The topological polar surface area (TPSA) is 0 Å². The third-order valence-electron chi connectivity index (χ3n) is 12.1. The maximum atomic E-state index is 2.45. The van der Waals surface area contributed by atoms with Crippen LogP contribution in [0.3, 0.4) is 0 Å². The molecule has 0 aliphatic heterocycles. The molecule has 0 radical (unpaired) electrons. The van der Waals surface area contributed by atoms with Crippen LogP contribution in [0.15, 0.2) is 206 Å². The molecule has 0 N–H and O–H groups in total. The minimum Gasteiger partial charge on any atom is -0.135 e. The van der Waals surface area contributed by atoms with Crippen LogP contribution in [0.5, 0.6) is 0 Å². The molecule has 0 saturated heterocycles. The third kappa shape index (κ3) is 4.93. The zero-order valence-electron chi connectivity index (χ0n) is 31.0. The normalized spacial score (nSPS) is 11.9. The summed E-state index contributed by atoms with van der Waals surface area (Å²) in [6, 6.07) is 76.6. The SMILES string of the molecule is c1ccc2c(c1)-c1ccccc1-c1ccc(-c3c4ccccc4c(-c4ccc(-c5cccc6c5sc5ccccc56)cc4)c4ccccc34)cc1-c1ccccc1-2. The smallest absolute Gasteiger partial charge is 0.0433 e. The Morgan fingerprint density at radius 1 is 0.228 bits per heavy atom. The maximum absolute atomic E-state index is 2.45. The fourth-order valence-corrected chi connectivity index (χ4v) is 10.8. The molecular weight excluding hydrogens is 705 g/mol. The van der Waals surface area contributed by atoms with E-state index in [1.165, 1.54) is 120 Å². The Kier molecular flexibility index (Phi) is 7.20. The van der Waals surface area contributed by atoms with Crippen LogP contribution >= 0.6 is 11.3 Å². The lowest BCUT2D eigenvalue weighted by Crippen LogP contribution is -1.97. The number of hydrogen-bond donors (Lipinski definition) is 0. The van der Waals surface area contributed by atoms with Gasteiger partial charge in [-0.1, -0.05) is 194 Å². The highest BCUT2D eigenvalue weighted by atomic mass is 32.1. The van der Waals surface area contributed by atoms with Gasteiger partial charge in [-0.05, 0) is 112 Å². The highest BCUT2D eigenvalue weighted by molar-refractivity contribution is 7.26. The summed E-state index contributed by atoms with van der Waals surface area (Å²) >= 11 is 1.89. The van der Waals surface area contributed by atoms with Crippen molar-refractivity contribution in [3.05, 3.63) is 206 Å². The van der Waals surface area contributed by atoms with Crippen LogP contribution in [0.25, 0.3) is 120 Å². The van der Waals surface area contributed by atoms with Gasteiger partial charge in [0.2, 0.25) is 0 Å². The molecule has 1 heteroatoms. The summed E-state index contributed by atoms with van der Waals surface area (Å²) in [6.07, 6.45) is 0. The molecule has 11 aromatic rings. The lowest BCUT2D eigenvalue weighted by molar-refractivity contribution is 1.52. The van der Waals surface area contributed by atoms with Crippen LogP contribution in [-0.2, 0) is 0 Å². The van der Waals surface area contributed by atoms with Gasteiger partial charge < -0.3 is 0 Å². The van der Waals surface area contributed by atoms with Crippen LogP contribution in [0.4, 0.5) is 0 Å². The first-order valence-corrected chi connectivity index (χ1v) is 20.5. The standard InChI is InChI=1S/C56H34S/c1-2-15-40-39(14-1)41-16-3-4-18-43(41)45-33-32-37(34-52(45)44-19-6-5-17-42(40)44)55-49-23-9-7-21-47(49)54(48-22-8-10-24-50(48)55)36-30-28-35(29-31-36)38-25-13-26-51-46-20-11-12-27-53(46)57-56(38)51/h1-34H. The Labute approximate surface area is 335 Å². The fourth-order valence-electron chi connectivity index (χ4n) is 9.56. The van der Waals surface area contributed by atoms with Gasteiger partial charge in [0.25, 0.3) is 0 Å². The summed E-state index contributed by atoms with van der Waals surface area (Å²) < 4.78 is 2.68. The predicted octanol–water partition coefficient (Wildman–Crippen LogP) is 16.3. The summed E-state index contributed by atoms with van der Waals surface area (Å²) in [4.78, 5) is 0. The van der Waals surface area contributed by atoms with E-state index in [9.17, 15) is 0 Å². The first-order chi connectivity index (χ1) is 28.3. The number of hydrogen-bond acceptors (Lipinski definition) is 1. The molecule has 0 saturated carbocycles. The Hall–Kier alpha value is -7.06. The van der Waals surface area contributed by atoms with Crippen molar-refractivity contribution in [3.63, 3.8) is 0 Å². The van der Waals surface area contributed by atoms with E-state index >= 15 is 0 Å². The molecule has 264 valence electrons. The second-order valence-corrected chi connectivity index (χ2v) is 16.1. The Morgan fingerprint density at radius 3 is 1.14 bits per heavy atom.